The number of allylic oxidation sites excluding steroid dienone is 2. The number of aliphatic imine (C=N–C) groups is 1. The Bertz CT molecular complexity index is 2150. The molecule has 4 aromatic carbocycles. The normalized spacial score (nSPS) is 12.8. The van der Waals surface area contributed by atoms with Crippen LogP contribution in [0.25, 0.3) is 61.3 Å². The molecule has 4 heterocycles. The van der Waals surface area contributed by atoms with E-state index in [1.807, 2.05) is 39.1 Å². The number of H-pyrrole nitrogens is 2. The van der Waals surface area contributed by atoms with Gasteiger partial charge in [-0.3, -0.25) is 4.99 Å². The van der Waals surface area contributed by atoms with Crippen molar-refractivity contribution in [3.63, 3.8) is 0 Å². The molecule has 1 aliphatic carbocycles. The highest BCUT2D eigenvalue weighted by atomic mass is 15.0. The SMILES string of the molecule is CC.CC1=CC=N1.c1c[nH]c(-c2ccc(-c3ccc4c(c3)CCc3c-4n(-c4cccc5ccccc45)c4ccccc34)[nH]2)c1. The summed E-state index contributed by atoms with van der Waals surface area (Å²) in [6, 6.07) is 39.7. The summed E-state index contributed by atoms with van der Waals surface area (Å²) < 4.78 is 2.50. The number of para-hydroxylation sites is 1. The topological polar surface area (TPSA) is 48.9 Å². The first-order chi connectivity index (χ1) is 21.7. The zero-order valence-corrected chi connectivity index (χ0v) is 25.4. The second kappa shape index (κ2) is 11.7. The van der Waals surface area contributed by atoms with E-state index in [2.05, 4.69) is 123 Å². The second-order valence-electron chi connectivity index (χ2n) is 11.0. The third-order valence-electron chi connectivity index (χ3n) is 8.47. The fraction of sp³-hybridized carbons (Fsp3) is 0.125. The molecule has 0 bridgehead atoms. The van der Waals surface area contributed by atoms with E-state index in [-0.39, 0.29) is 0 Å². The Balaban J connectivity index is 0.000000402. The van der Waals surface area contributed by atoms with Crippen LogP contribution >= 0.6 is 0 Å². The molecule has 0 amide bonds. The molecular weight excluding hydrogens is 536 g/mol. The van der Waals surface area contributed by atoms with Gasteiger partial charge in [0.2, 0.25) is 0 Å². The number of rotatable bonds is 3. The highest BCUT2D eigenvalue weighted by Crippen LogP contribution is 2.44. The lowest BCUT2D eigenvalue weighted by molar-refractivity contribution is 0.935. The Hall–Kier alpha value is -5.35. The summed E-state index contributed by atoms with van der Waals surface area (Å²) in [6.45, 7) is 5.97. The van der Waals surface area contributed by atoms with Crippen molar-refractivity contribution in [2.75, 3.05) is 0 Å². The molecule has 0 saturated heterocycles. The number of nitrogens with one attached hydrogen (secondary N) is 2. The summed E-state index contributed by atoms with van der Waals surface area (Å²) in [5.41, 5.74) is 13.8. The van der Waals surface area contributed by atoms with E-state index in [9.17, 15) is 0 Å². The fourth-order valence-electron chi connectivity index (χ4n) is 6.40. The van der Waals surface area contributed by atoms with Crippen LogP contribution in [0.5, 0.6) is 0 Å². The first-order valence-corrected chi connectivity index (χ1v) is 15.5. The van der Waals surface area contributed by atoms with E-state index < -0.39 is 0 Å². The van der Waals surface area contributed by atoms with Crippen LogP contribution in [0.2, 0.25) is 0 Å². The second-order valence-corrected chi connectivity index (χ2v) is 11.0. The Labute approximate surface area is 258 Å². The maximum atomic E-state index is 3.81. The Kier molecular flexibility index (Phi) is 7.33. The average molecular weight is 573 g/mol. The minimum Gasteiger partial charge on any atom is -0.360 e. The number of fused-ring (bicyclic) bond motifs is 6. The molecule has 0 unspecified atom stereocenters. The van der Waals surface area contributed by atoms with Crippen LogP contribution in [-0.2, 0) is 12.8 Å². The standard InChI is InChI=1S/C34H25N3.C4H5N.C2H6/c1-2-9-25-22(7-1)8-5-13-32(25)37-33-12-4-3-10-27(33)28-17-14-23-21-24(15-16-26(23)34(28)37)29-18-19-31(36-29)30-11-6-20-35-30;1-4-2-3-5-4;1-2/h1-13,15-16,18-21,35-36H,14,17H2;2-3H,1H3;1-2H3. The quantitative estimate of drug-likeness (QED) is 0.212. The van der Waals surface area contributed by atoms with Gasteiger partial charge >= 0.3 is 0 Å². The van der Waals surface area contributed by atoms with Crippen molar-refractivity contribution in [2.45, 2.75) is 33.6 Å². The van der Waals surface area contributed by atoms with E-state index in [0.717, 1.165) is 35.6 Å². The largest absolute Gasteiger partial charge is 0.360 e. The third-order valence-corrected chi connectivity index (χ3v) is 8.47. The van der Waals surface area contributed by atoms with Crippen LogP contribution in [0.4, 0.5) is 0 Å². The molecule has 0 spiro atoms. The van der Waals surface area contributed by atoms with Gasteiger partial charge in [-0.2, -0.15) is 0 Å². The third kappa shape index (κ3) is 4.79. The average Bonchev–Trinajstić information content (AvgIpc) is 3.84. The van der Waals surface area contributed by atoms with Gasteiger partial charge in [-0.15, -0.1) is 0 Å². The number of hydrogen-bond acceptors (Lipinski definition) is 1. The van der Waals surface area contributed by atoms with Crippen molar-refractivity contribution in [1.82, 2.24) is 14.5 Å². The lowest BCUT2D eigenvalue weighted by Crippen LogP contribution is -2.07. The summed E-state index contributed by atoms with van der Waals surface area (Å²) in [7, 11) is 0. The van der Waals surface area contributed by atoms with Gasteiger partial charge in [-0.1, -0.05) is 80.6 Å². The summed E-state index contributed by atoms with van der Waals surface area (Å²) in [4.78, 5) is 10.7. The molecule has 44 heavy (non-hydrogen) atoms. The summed E-state index contributed by atoms with van der Waals surface area (Å²) in [6.07, 6.45) is 7.81. The number of hydrogen-bond donors (Lipinski definition) is 2. The zero-order chi connectivity index (χ0) is 30.0. The van der Waals surface area contributed by atoms with Crippen molar-refractivity contribution in [2.24, 2.45) is 4.99 Å². The Morgan fingerprint density at radius 3 is 2.23 bits per heavy atom. The van der Waals surface area contributed by atoms with Crippen molar-refractivity contribution in [3.05, 3.63) is 138 Å². The highest BCUT2D eigenvalue weighted by molar-refractivity contribution is 5.99. The molecule has 0 atom stereocenters. The predicted molar refractivity (Wildman–Crippen MR) is 187 cm³/mol. The first kappa shape index (κ1) is 27.5. The smallest absolute Gasteiger partial charge is 0.0624 e. The number of nitrogens with zero attached hydrogens (tertiary/aromatic N) is 2. The summed E-state index contributed by atoms with van der Waals surface area (Å²) in [5, 5.41) is 3.91. The lowest BCUT2D eigenvalue weighted by Gasteiger charge is -2.22. The number of aryl methyl sites for hydroxylation is 2. The summed E-state index contributed by atoms with van der Waals surface area (Å²) >= 11 is 0. The van der Waals surface area contributed by atoms with E-state index in [1.54, 1.807) is 6.21 Å². The molecule has 0 saturated carbocycles. The Morgan fingerprint density at radius 1 is 0.705 bits per heavy atom. The monoisotopic (exact) mass is 572 g/mol. The van der Waals surface area contributed by atoms with E-state index in [1.165, 1.54) is 55.3 Å². The lowest BCUT2D eigenvalue weighted by atomic mass is 9.87. The predicted octanol–water partition coefficient (Wildman–Crippen LogP) is 10.5. The molecule has 2 N–H and O–H groups in total. The Morgan fingerprint density at radius 2 is 1.45 bits per heavy atom. The molecule has 7 aromatic rings. The molecule has 0 fully saturated rings. The molecule has 2 aliphatic rings. The van der Waals surface area contributed by atoms with Crippen LogP contribution in [0, 0.1) is 0 Å². The molecule has 4 heteroatoms. The van der Waals surface area contributed by atoms with Crippen LogP contribution in [0.1, 0.15) is 31.9 Å². The summed E-state index contributed by atoms with van der Waals surface area (Å²) in [5.74, 6) is 0. The van der Waals surface area contributed by atoms with Gasteiger partial charge in [0.1, 0.15) is 0 Å². The molecule has 1 aliphatic heterocycles. The van der Waals surface area contributed by atoms with Gasteiger partial charge in [-0.25, -0.2) is 0 Å². The molecule has 0 radical (unpaired) electrons. The minimum absolute atomic E-state index is 1.04. The van der Waals surface area contributed by atoms with Crippen molar-refractivity contribution in [1.29, 1.82) is 0 Å². The van der Waals surface area contributed by atoms with Crippen molar-refractivity contribution >= 4 is 27.9 Å². The molecule has 3 aromatic heterocycles. The van der Waals surface area contributed by atoms with Crippen molar-refractivity contribution in [3.8, 4) is 39.6 Å². The molecular formula is C40H36N4. The fourth-order valence-corrected chi connectivity index (χ4v) is 6.40. The minimum atomic E-state index is 1.04. The van der Waals surface area contributed by atoms with Gasteiger partial charge in [0.15, 0.2) is 0 Å². The van der Waals surface area contributed by atoms with Crippen LogP contribution in [0.15, 0.2) is 132 Å². The van der Waals surface area contributed by atoms with Gasteiger partial charge in [0, 0.05) is 40.1 Å². The maximum absolute atomic E-state index is 3.81. The molecule has 216 valence electrons. The molecule has 4 nitrogen and oxygen atoms in total. The van der Waals surface area contributed by atoms with Gasteiger partial charge < -0.3 is 14.5 Å². The van der Waals surface area contributed by atoms with Gasteiger partial charge in [-0.05, 0) is 90.4 Å². The number of benzene rings is 4. The van der Waals surface area contributed by atoms with E-state index in [4.69, 9.17) is 0 Å². The van der Waals surface area contributed by atoms with Crippen molar-refractivity contribution < 1.29 is 0 Å². The van der Waals surface area contributed by atoms with Gasteiger partial charge in [0.25, 0.3) is 0 Å². The van der Waals surface area contributed by atoms with E-state index in [0.29, 0.717) is 0 Å². The first-order valence-electron chi connectivity index (χ1n) is 15.5. The number of aromatic nitrogens is 3. The zero-order valence-electron chi connectivity index (χ0n) is 25.4. The van der Waals surface area contributed by atoms with Crippen LogP contribution in [-0.4, -0.2) is 20.7 Å². The number of aromatic amines is 2. The highest BCUT2D eigenvalue weighted by Gasteiger charge is 2.26. The van der Waals surface area contributed by atoms with Crippen LogP contribution < -0.4 is 0 Å². The maximum Gasteiger partial charge on any atom is 0.0624 e. The van der Waals surface area contributed by atoms with E-state index >= 15 is 0 Å². The van der Waals surface area contributed by atoms with Gasteiger partial charge in [0.05, 0.1) is 28.3 Å². The van der Waals surface area contributed by atoms with Crippen LogP contribution in [0.3, 0.4) is 0 Å². The molecule has 9 rings (SSSR count).